The first-order valence-electron chi connectivity index (χ1n) is 9.04. The van der Waals surface area contributed by atoms with Crippen LogP contribution in [0.4, 0.5) is 11.4 Å². The number of anilines is 2. The monoisotopic (exact) mass is 384 g/mol. The third-order valence-electron chi connectivity index (χ3n) is 4.93. The molecule has 0 spiro atoms. The van der Waals surface area contributed by atoms with E-state index in [4.69, 9.17) is 12.2 Å². The minimum absolute atomic E-state index is 0.0548. The van der Waals surface area contributed by atoms with Crippen LogP contribution >= 0.6 is 12.2 Å². The highest BCUT2D eigenvalue weighted by Gasteiger charge is 2.20. The van der Waals surface area contributed by atoms with Crippen LogP contribution in [0.15, 0.2) is 30.3 Å². The Morgan fingerprint density at radius 1 is 1.15 bits per heavy atom. The predicted molar refractivity (Wildman–Crippen MR) is 112 cm³/mol. The SMILES string of the molecule is CC(C)c1cc(C(=S)Nc2ccc3c(c2)N(C)C(=O)CCC3)c(O)cc1O. The van der Waals surface area contributed by atoms with Crippen LogP contribution < -0.4 is 10.2 Å². The quantitative estimate of drug-likeness (QED) is 0.688. The predicted octanol–water partition coefficient (Wildman–Crippen LogP) is 4.31. The Hall–Kier alpha value is -2.60. The summed E-state index contributed by atoms with van der Waals surface area (Å²) in [7, 11) is 1.79. The van der Waals surface area contributed by atoms with E-state index >= 15 is 0 Å². The molecular formula is C21H24N2O3S. The fourth-order valence-electron chi connectivity index (χ4n) is 3.33. The van der Waals surface area contributed by atoms with Gasteiger partial charge in [-0.1, -0.05) is 32.1 Å². The lowest BCUT2D eigenvalue weighted by molar-refractivity contribution is -0.118. The van der Waals surface area contributed by atoms with Crippen molar-refractivity contribution < 1.29 is 15.0 Å². The third kappa shape index (κ3) is 3.90. The van der Waals surface area contributed by atoms with E-state index in [1.54, 1.807) is 18.0 Å². The van der Waals surface area contributed by atoms with Crippen molar-refractivity contribution in [1.82, 2.24) is 0 Å². The largest absolute Gasteiger partial charge is 0.508 e. The molecule has 0 radical (unpaired) electrons. The van der Waals surface area contributed by atoms with E-state index in [1.165, 1.54) is 6.07 Å². The summed E-state index contributed by atoms with van der Waals surface area (Å²) in [4.78, 5) is 14.2. The van der Waals surface area contributed by atoms with Gasteiger partial charge < -0.3 is 20.4 Å². The maximum Gasteiger partial charge on any atom is 0.226 e. The van der Waals surface area contributed by atoms with Crippen LogP contribution in [0, 0.1) is 0 Å². The van der Waals surface area contributed by atoms with Crippen LogP contribution in [-0.4, -0.2) is 28.2 Å². The molecule has 5 nitrogen and oxygen atoms in total. The Balaban J connectivity index is 1.90. The molecule has 0 unspecified atom stereocenters. The number of phenols is 2. The van der Waals surface area contributed by atoms with E-state index in [0.29, 0.717) is 17.0 Å². The molecule has 0 aliphatic carbocycles. The maximum absolute atomic E-state index is 12.1. The molecule has 1 amide bonds. The highest BCUT2D eigenvalue weighted by molar-refractivity contribution is 7.81. The van der Waals surface area contributed by atoms with Crippen molar-refractivity contribution in [3.05, 3.63) is 47.0 Å². The molecule has 0 aromatic heterocycles. The minimum Gasteiger partial charge on any atom is -0.508 e. The highest BCUT2D eigenvalue weighted by atomic mass is 32.1. The van der Waals surface area contributed by atoms with Crippen molar-refractivity contribution in [2.24, 2.45) is 0 Å². The number of carbonyl (C=O) groups is 1. The summed E-state index contributed by atoms with van der Waals surface area (Å²) >= 11 is 5.48. The van der Waals surface area contributed by atoms with Crippen molar-refractivity contribution >= 4 is 34.5 Å². The topological polar surface area (TPSA) is 72.8 Å². The van der Waals surface area contributed by atoms with Gasteiger partial charge in [0.05, 0.1) is 5.56 Å². The van der Waals surface area contributed by atoms with Gasteiger partial charge in [0, 0.05) is 30.9 Å². The lowest BCUT2D eigenvalue weighted by atomic mass is 9.98. The number of benzene rings is 2. The van der Waals surface area contributed by atoms with Crippen molar-refractivity contribution in [3.8, 4) is 11.5 Å². The van der Waals surface area contributed by atoms with Gasteiger partial charge >= 0.3 is 0 Å². The molecule has 0 fully saturated rings. The number of hydrogen-bond acceptors (Lipinski definition) is 4. The van der Waals surface area contributed by atoms with Gasteiger partial charge in [-0.25, -0.2) is 0 Å². The Kier molecular flexibility index (Phi) is 5.37. The lowest BCUT2D eigenvalue weighted by Gasteiger charge is -2.19. The Morgan fingerprint density at radius 3 is 2.59 bits per heavy atom. The first-order chi connectivity index (χ1) is 12.8. The van der Waals surface area contributed by atoms with Crippen molar-refractivity contribution in [1.29, 1.82) is 0 Å². The summed E-state index contributed by atoms with van der Waals surface area (Å²) in [6.07, 6.45) is 2.26. The zero-order valence-electron chi connectivity index (χ0n) is 15.7. The second-order valence-electron chi connectivity index (χ2n) is 7.19. The number of amides is 1. The van der Waals surface area contributed by atoms with E-state index in [-0.39, 0.29) is 23.3 Å². The number of rotatable bonds is 3. The minimum atomic E-state index is -0.0727. The summed E-state index contributed by atoms with van der Waals surface area (Å²) < 4.78 is 0. The van der Waals surface area contributed by atoms with Crippen molar-refractivity contribution in [2.75, 3.05) is 17.3 Å². The highest BCUT2D eigenvalue weighted by Crippen LogP contribution is 2.34. The third-order valence-corrected chi connectivity index (χ3v) is 5.25. The fraction of sp³-hybridized carbons (Fsp3) is 0.333. The molecule has 27 heavy (non-hydrogen) atoms. The molecular weight excluding hydrogens is 360 g/mol. The second kappa shape index (κ2) is 7.56. The number of hydrogen-bond donors (Lipinski definition) is 3. The van der Waals surface area contributed by atoms with Crippen molar-refractivity contribution in [2.45, 2.75) is 39.0 Å². The molecule has 0 atom stereocenters. The van der Waals surface area contributed by atoms with Gasteiger partial charge in [-0.2, -0.15) is 0 Å². The smallest absolute Gasteiger partial charge is 0.226 e. The zero-order valence-corrected chi connectivity index (χ0v) is 16.6. The number of phenolic OH excluding ortho intramolecular Hbond substituents is 2. The summed E-state index contributed by atoms with van der Waals surface area (Å²) in [5.74, 6) is 0.182. The number of aromatic hydroxyl groups is 2. The van der Waals surface area contributed by atoms with E-state index in [9.17, 15) is 15.0 Å². The number of nitrogens with one attached hydrogen (secondary N) is 1. The average molecular weight is 385 g/mol. The first kappa shape index (κ1) is 19.2. The molecule has 0 saturated heterocycles. The van der Waals surface area contributed by atoms with Gasteiger partial charge in [0.25, 0.3) is 0 Å². The number of thiocarbonyl (C=S) groups is 1. The van der Waals surface area contributed by atoms with Crippen LogP contribution in [0.2, 0.25) is 0 Å². The zero-order chi connectivity index (χ0) is 19.7. The normalized spacial score (nSPS) is 14.1. The molecule has 6 heteroatoms. The van der Waals surface area contributed by atoms with Gasteiger partial charge in [-0.15, -0.1) is 0 Å². The van der Waals surface area contributed by atoms with Gasteiger partial charge in [-0.3, -0.25) is 4.79 Å². The standard InChI is InChI=1S/C21H24N2O3S/c1-12(2)15-10-16(19(25)11-18(15)24)21(27)22-14-8-7-13-5-4-6-20(26)23(3)17(13)9-14/h7-12,24-25H,4-6H2,1-3H3,(H,22,27). The molecule has 0 bridgehead atoms. The molecule has 1 aliphatic rings. The van der Waals surface area contributed by atoms with Gasteiger partial charge in [0.15, 0.2) is 0 Å². The van der Waals surface area contributed by atoms with Crippen molar-refractivity contribution in [3.63, 3.8) is 0 Å². The lowest BCUT2D eigenvalue weighted by Crippen LogP contribution is -2.25. The summed E-state index contributed by atoms with van der Waals surface area (Å²) in [6.45, 7) is 3.93. The number of carbonyl (C=O) groups excluding carboxylic acids is 1. The molecule has 3 N–H and O–H groups in total. The van der Waals surface area contributed by atoms with E-state index in [2.05, 4.69) is 5.32 Å². The maximum atomic E-state index is 12.1. The van der Waals surface area contributed by atoms with Crippen LogP contribution in [0.5, 0.6) is 11.5 Å². The van der Waals surface area contributed by atoms with Crippen LogP contribution in [0.3, 0.4) is 0 Å². The van der Waals surface area contributed by atoms with Gasteiger partial charge in [0.2, 0.25) is 5.91 Å². The Bertz CT molecular complexity index is 909. The summed E-state index contributed by atoms with van der Waals surface area (Å²) in [6, 6.07) is 8.87. The van der Waals surface area contributed by atoms with Gasteiger partial charge in [-0.05, 0) is 48.1 Å². The van der Waals surface area contributed by atoms with E-state index < -0.39 is 0 Å². The first-order valence-corrected chi connectivity index (χ1v) is 9.45. The molecule has 0 saturated carbocycles. The number of aryl methyl sites for hydroxylation is 1. The summed E-state index contributed by atoms with van der Waals surface area (Å²) in [5.41, 5.74) is 3.95. The van der Waals surface area contributed by atoms with E-state index in [1.807, 2.05) is 32.0 Å². The van der Waals surface area contributed by atoms with Gasteiger partial charge in [0.1, 0.15) is 16.5 Å². The number of fused-ring (bicyclic) bond motifs is 1. The summed E-state index contributed by atoms with van der Waals surface area (Å²) in [5, 5.41) is 23.4. The van der Waals surface area contributed by atoms with Crippen LogP contribution in [0.25, 0.3) is 0 Å². The Morgan fingerprint density at radius 2 is 1.89 bits per heavy atom. The number of nitrogens with zero attached hydrogens (tertiary/aromatic N) is 1. The van der Waals surface area contributed by atoms with E-state index in [0.717, 1.165) is 35.3 Å². The molecule has 3 rings (SSSR count). The fourth-order valence-corrected chi connectivity index (χ4v) is 3.62. The molecule has 2 aromatic rings. The molecule has 142 valence electrons. The molecule has 1 heterocycles. The Labute approximate surface area is 164 Å². The van der Waals surface area contributed by atoms with Crippen LogP contribution in [-0.2, 0) is 11.2 Å². The van der Waals surface area contributed by atoms with Crippen LogP contribution in [0.1, 0.15) is 49.3 Å². The average Bonchev–Trinajstić information content (AvgIpc) is 2.74. The second-order valence-corrected chi connectivity index (χ2v) is 7.60. The molecule has 2 aromatic carbocycles. The molecule has 1 aliphatic heterocycles.